The fourth-order valence-electron chi connectivity index (χ4n) is 2.34. The molecular formula is C14H19FN2O2. The summed E-state index contributed by atoms with van der Waals surface area (Å²) in [5.74, 6) is -1.58. The predicted octanol–water partition coefficient (Wildman–Crippen LogP) is 2.05. The summed E-state index contributed by atoms with van der Waals surface area (Å²) in [5.41, 5.74) is 0.427. The molecule has 0 bridgehead atoms. The van der Waals surface area contributed by atoms with Crippen molar-refractivity contribution in [1.29, 1.82) is 0 Å². The monoisotopic (exact) mass is 266 g/mol. The van der Waals surface area contributed by atoms with Crippen LogP contribution in [-0.2, 0) is 0 Å². The molecule has 1 heterocycles. The molecule has 5 heteroatoms. The molecule has 1 N–H and O–H groups in total. The van der Waals surface area contributed by atoms with E-state index < -0.39 is 11.8 Å². The number of halogens is 1. The van der Waals surface area contributed by atoms with Crippen LogP contribution >= 0.6 is 0 Å². The number of likely N-dealkylation sites (N-methyl/N-ethyl adjacent to an activating group) is 1. The first-order chi connectivity index (χ1) is 8.81. The smallest absolute Gasteiger partial charge is 0.335 e. The third-order valence-electron chi connectivity index (χ3n) is 3.85. The highest BCUT2D eigenvalue weighted by Gasteiger charge is 2.32. The van der Waals surface area contributed by atoms with Crippen molar-refractivity contribution in [3.63, 3.8) is 0 Å². The van der Waals surface area contributed by atoms with Crippen molar-refractivity contribution in [1.82, 2.24) is 4.90 Å². The van der Waals surface area contributed by atoms with Crippen molar-refractivity contribution < 1.29 is 14.3 Å². The van der Waals surface area contributed by atoms with Crippen molar-refractivity contribution in [3.8, 4) is 0 Å². The molecule has 0 spiro atoms. The van der Waals surface area contributed by atoms with Gasteiger partial charge in [-0.05, 0) is 39.1 Å². The normalized spacial score (nSPS) is 19.5. The first kappa shape index (κ1) is 13.8. The number of carboxylic acid groups (broad SMARTS) is 1. The molecular weight excluding hydrogens is 247 g/mol. The predicted molar refractivity (Wildman–Crippen MR) is 72.3 cm³/mol. The molecule has 1 fully saturated rings. The molecule has 1 aromatic rings. The molecule has 0 atom stereocenters. The van der Waals surface area contributed by atoms with E-state index in [9.17, 15) is 9.18 Å². The molecule has 0 radical (unpaired) electrons. The maximum absolute atomic E-state index is 14.0. The summed E-state index contributed by atoms with van der Waals surface area (Å²) in [6.07, 6.45) is 0. The number of hydrogen-bond acceptors (Lipinski definition) is 3. The number of carboxylic acids is 1. The first-order valence-electron chi connectivity index (χ1n) is 6.30. The summed E-state index contributed by atoms with van der Waals surface area (Å²) in [5, 5.41) is 8.84. The summed E-state index contributed by atoms with van der Waals surface area (Å²) >= 11 is 0. The van der Waals surface area contributed by atoms with E-state index in [0.29, 0.717) is 12.2 Å². The Kier molecular flexibility index (Phi) is 3.49. The topological polar surface area (TPSA) is 43.8 Å². The van der Waals surface area contributed by atoms with Crippen LogP contribution in [0.25, 0.3) is 0 Å². The van der Waals surface area contributed by atoms with E-state index in [0.717, 1.165) is 19.2 Å². The van der Waals surface area contributed by atoms with Gasteiger partial charge in [-0.2, -0.15) is 0 Å². The van der Waals surface area contributed by atoms with Crippen LogP contribution in [0.3, 0.4) is 0 Å². The van der Waals surface area contributed by atoms with Gasteiger partial charge >= 0.3 is 5.97 Å². The molecule has 1 aliphatic rings. The number of carbonyl (C=O) groups is 1. The van der Waals surface area contributed by atoms with E-state index in [1.807, 2.05) is 4.90 Å². The molecule has 19 heavy (non-hydrogen) atoms. The van der Waals surface area contributed by atoms with E-state index in [1.54, 1.807) is 6.07 Å². The van der Waals surface area contributed by atoms with Gasteiger partial charge in [0.1, 0.15) is 5.82 Å². The summed E-state index contributed by atoms with van der Waals surface area (Å²) in [4.78, 5) is 15.0. The van der Waals surface area contributed by atoms with Crippen LogP contribution in [-0.4, -0.2) is 48.2 Å². The van der Waals surface area contributed by atoms with E-state index in [4.69, 9.17) is 5.11 Å². The standard InChI is InChI=1S/C14H19FN2O2/c1-14(2)9-17(7-6-16(14)3)12-5-4-10(13(18)19)8-11(12)15/h4-5,8H,6-7,9H2,1-3H3,(H,18,19). The van der Waals surface area contributed by atoms with Gasteiger partial charge in [0.25, 0.3) is 0 Å². The van der Waals surface area contributed by atoms with Crippen LogP contribution in [0.4, 0.5) is 10.1 Å². The summed E-state index contributed by atoms with van der Waals surface area (Å²) in [6.45, 7) is 6.54. The lowest BCUT2D eigenvalue weighted by atomic mass is 9.99. The average molecular weight is 266 g/mol. The van der Waals surface area contributed by atoms with Gasteiger partial charge in [-0.15, -0.1) is 0 Å². The molecule has 2 rings (SSSR count). The van der Waals surface area contributed by atoms with Gasteiger partial charge in [0.05, 0.1) is 11.3 Å². The average Bonchev–Trinajstić information content (AvgIpc) is 2.32. The first-order valence-corrected chi connectivity index (χ1v) is 6.30. The van der Waals surface area contributed by atoms with Gasteiger partial charge in [-0.25, -0.2) is 9.18 Å². The summed E-state index contributed by atoms with van der Waals surface area (Å²) in [7, 11) is 2.06. The zero-order valence-electron chi connectivity index (χ0n) is 11.5. The lowest BCUT2D eigenvalue weighted by Crippen LogP contribution is -2.57. The Labute approximate surface area is 112 Å². The molecule has 0 aromatic heterocycles. The highest BCUT2D eigenvalue weighted by Crippen LogP contribution is 2.27. The Hall–Kier alpha value is -1.62. The molecule has 4 nitrogen and oxygen atoms in total. The molecule has 104 valence electrons. The molecule has 0 unspecified atom stereocenters. The summed E-state index contributed by atoms with van der Waals surface area (Å²) < 4.78 is 14.0. The van der Waals surface area contributed by atoms with Crippen molar-refractivity contribution in [3.05, 3.63) is 29.6 Å². The maximum atomic E-state index is 14.0. The quantitative estimate of drug-likeness (QED) is 0.890. The Bertz CT molecular complexity index is 502. The number of aromatic carboxylic acids is 1. The highest BCUT2D eigenvalue weighted by molar-refractivity contribution is 5.88. The number of anilines is 1. The van der Waals surface area contributed by atoms with Crippen LogP contribution in [0.1, 0.15) is 24.2 Å². The van der Waals surface area contributed by atoms with E-state index in [1.165, 1.54) is 6.07 Å². The molecule has 0 amide bonds. The number of nitrogens with zero attached hydrogens (tertiary/aromatic N) is 2. The Balaban J connectivity index is 2.26. The van der Waals surface area contributed by atoms with E-state index >= 15 is 0 Å². The fraction of sp³-hybridized carbons (Fsp3) is 0.500. The Morgan fingerprint density at radius 1 is 1.37 bits per heavy atom. The van der Waals surface area contributed by atoms with Crippen molar-refractivity contribution in [2.24, 2.45) is 0 Å². The fourth-order valence-corrected chi connectivity index (χ4v) is 2.34. The second kappa shape index (κ2) is 4.81. The molecule has 0 saturated carbocycles. The number of piperazine rings is 1. The van der Waals surface area contributed by atoms with Crippen LogP contribution in [0, 0.1) is 5.82 Å². The highest BCUT2D eigenvalue weighted by atomic mass is 19.1. The van der Waals surface area contributed by atoms with E-state index in [-0.39, 0.29) is 11.1 Å². The molecule has 1 aliphatic heterocycles. The lowest BCUT2D eigenvalue weighted by Gasteiger charge is -2.46. The van der Waals surface area contributed by atoms with Crippen LogP contribution in [0.5, 0.6) is 0 Å². The van der Waals surface area contributed by atoms with Gasteiger partial charge in [-0.1, -0.05) is 0 Å². The zero-order valence-corrected chi connectivity index (χ0v) is 11.5. The van der Waals surface area contributed by atoms with E-state index in [2.05, 4.69) is 25.8 Å². The Morgan fingerprint density at radius 2 is 2.05 bits per heavy atom. The van der Waals surface area contributed by atoms with Crippen molar-refractivity contribution >= 4 is 11.7 Å². The third kappa shape index (κ3) is 2.71. The minimum Gasteiger partial charge on any atom is -0.478 e. The minimum atomic E-state index is -1.11. The van der Waals surface area contributed by atoms with Gasteiger partial charge in [0, 0.05) is 25.2 Å². The van der Waals surface area contributed by atoms with Gasteiger partial charge in [0.15, 0.2) is 0 Å². The minimum absolute atomic E-state index is 0.0189. The van der Waals surface area contributed by atoms with Gasteiger partial charge < -0.3 is 10.0 Å². The van der Waals surface area contributed by atoms with Crippen molar-refractivity contribution in [2.75, 3.05) is 31.6 Å². The third-order valence-corrected chi connectivity index (χ3v) is 3.85. The number of benzene rings is 1. The number of rotatable bonds is 2. The van der Waals surface area contributed by atoms with Crippen LogP contribution < -0.4 is 4.90 Å². The largest absolute Gasteiger partial charge is 0.478 e. The zero-order chi connectivity index (χ0) is 14.2. The Morgan fingerprint density at radius 3 is 2.58 bits per heavy atom. The van der Waals surface area contributed by atoms with Gasteiger partial charge in [-0.3, -0.25) is 4.90 Å². The van der Waals surface area contributed by atoms with Crippen LogP contribution in [0.15, 0.2) is 18.2 Å². The maximum Gasteiger partial charge on any atom is 0.335 e. The molecule has 1 aromatic carbocycles. The molecule has 0 aliphatic carbocycles. The van der Waals surface area contributed by atoms with Crippen molar-refractivity contribution in [2.45, 2.75) is 19.4 Å². The molecule has 1 saturated heterocycles. The second-order valence-corrected chi connectivity index (χ2v) is 5.63. The lowest BCUT2D eigenvalue weighted by molar-refractivity contribution is 0.0696. The van der Waals surface area contributed by atoms with Crippen LogP contribution in [0.2, 0.25) is 0 Å². The number of hydrogen-bond donors (Lipinski definition) is 1. The van der Waals surface area contributed by atoms with Gasteiger partial charge in [0.2, 0.25) is 0 Å². The SMILES string of the molecule is CN1CCN(c2ccc(C(=O)O)cc2F)CC1(C)C. The summed E-state index contributed by atoms with van der Waals surface area (Å²) in [6, 6.07) is 4.09. The second-order valence-electron chi connectivity index (χ2n) is 5.63.